The van der Waals surface area contributed by atoms with Gasteiger partial charge in [0, 0.05) is 43.7 Å². The predicted molar refractivity (Wildman–Crippen MR) is 91.2 cm³/mol. The normalized spacial score (nSPS) is 15.9. The number of carbonyl (C=O) groups is 1. The third-order valence-corrected chi connectivity index (χ3v) is 4.87. The van der Waals surface area contributed by atoms with Crippen molar-refractivity contribution in [1.29, 1.82) is 0 Å². The van der Waals surface area contributed by atoms with Crippen LogP contribution in [0.1, 0.15) is 21.1 Å². The highest BCUT2D eigenvalue weighted by molar-refractivity contribution is 7.09. The van der Waals surface area contributed by atoms with E-state index in [0.717, 1.165) is 42.5 Å². The monoisotopic (exact) mass is 385 g/mol. The van der Waals surface area contributed by atoms with E-state index in [1.165, 1.54) is 12.1 Å². The third-order valence-electron chi connectivity index (χ3n) is 4.05. The number of carbonyl (C=O) groups excluding carboxylic acids is 1. The van der Waals surface area contributed by atoms with Crippen molar-refractivity contribution in [2.75, 3.05) is 26.2 Å². The number of halogens is 3. The van der Waals surface area contributed by atoms with Crippen molar-refractivity contribution in [3.8, 4) is 5.75 Å². The molecule has 0 atom stereocenters. The van der Waals surface area contributed by atoms with Crippen molar-refractivity contribution in [2.24, 2.45) is 0 Å². The Bertz CT molecular complexity index is 753. The van der Waals surface area contributed by atoms with E-state index in [2.05, 4.69) is 14.6 Å². The second kappa shape index (κ2) is 7.63. The zero-order chi connectivity index (χ0) is 18.7. The maximum atomic E-state index is 12.5. The lowest BCUT2D eigenvalue weighted by Gasteiger charge is -2.34. The molecule has 0 aliphatic carbocycles. The van der Waals surface area contributed by atoms with Crippen molar-refractivity contribution < 1.29 is 22.7 Å². The first-order valence-corrected chi connectivity index (χ1v) is 8.96. The van der Waals surface area contributed by atoms with E-state index in [1.54, 1.807) is 16.2 Å². The van der Waals surface area contributed by atoms with Crippen LogP contribution >= 0.6 is 11.3 Å². The number of hydrogen-bond donors (Lipinski definition) is 0. The van der Waals surface area contributed by atoms with Gasteiger partial charge in [-0.1, -0.05) is 0 Å². The summed E-state index contributed by atoms with van der Waals surface area (Å²) in [7, 11) is 0. The van der Waals surface area contributed by atoms with E-state index in [0.29, 0.717) is 18.7 Å². The Kier molecular flexibility index (Phi) is 5.47. The molecule has 5 nitrogen and oxygen atoms in total. The quantitative estimate of drug-likeness (QED) is 0.810. The van der Waals surface area contributed by atoms with Gasteiger partial charge in [0.15, 0.2) is 0 Å². The Labute approximate surface area is 153 Å². The van der Waals surface area contributed by atoms with Gasteiger partial charge in [-0.2, -0.15) is 0 Å². The molecule has 26 heavy (non-hydrogen) atoms. The molecular weight excluding hydrogens is 367 g/mol. The Hall–Kier alpha value is -2.13. The summed E-state index contributed by atoms with van der Waals surface area (Å²) in [6.07, 6.45) is -4.74. The van der Waals surface area contributed by atoms with Crippen molar-refractivity contribution in [1.82, 2.24) is 14.8 Å². The van der Waals surface area contributed by atoms with Gasteiger partial charge in [0.2, 0.25) is 0 Å². The average Bonchev–Trinajstić information content (AvgIpc) is 2.99. The lowest BCUT2D eigenvalue weighted by Crippen LogP contribution is -2.48. The van der Waals surface area contributed by atoms with Crippen LogP contribution in [-0.2, 0) is 6.54 Å². The van der Waals surface area contributed by atoms with Crippen LogP contribution < -0.4 is 4.74 Å². The van der Waals surface area contributed by atoms with Gasteiger partial charge in [0.25, 0.3) is 5.91 Å². The first-order chi connectivity index (χ1) is 12.3. The summed E-state index contributed by atoms with van der Waals surface area (Å²) in [5.74, 6) is -0.523. The molecule has 0 saturated carbocycles. The van der Waals surface area contributed by atoms with Crippen LogP contribution in [0.25, 0.3) is 0 Å². The maximum absolute atomic E-state index is 12.5. The number of benzene rings is 1. The van der Waals surface area contributed by atoms with Gasteiger partial charge in [-0.15, -0.1) is 24.5 Å². The van der Waals surface area contributed by atoms with Crippen LogP contribution in [0, 0.1) is 6.92 Å². The molecule has 3 rings (SSSR count). The summed E-state index contributed by atoms with van der Waals surface area (Å²) >= 11 is 1.62. The van der Waals surface area contributed by atoms with E-state index in [-0.39, 0.29) is 11.7 Å². The lowest BCUT2D eigenvalue weighted by molar-refractivity contribution is -0.274. The van der Waals surface area contributed by atoms with Crippen molar-refractivity contribution in [2.45, 2.75) is 19.8 Å². The van der Waals surface area contributed by atoms with Crippen molar-refractivity contribution in [3.63, 3.8) is 0 Å². The van der Waals surface area contributed by atoms with Gasteiger partial charge < -0.3 is 9.64 Å². The minimum atomic E-state index is -4.74. The Balaban J connectivity index is 1.53. The van der Waals surface area contributed by atoms with Gasteiger partial charge in [-0.3, -0.25) is 9.69 Å². The van der Waals surface area contributed by atoms with E-state index >= 15 is 0 Å². The molecule has 1 aromatic carbocycles. The highest BCUT2D eigenvalue weighted by Gasteiger charge is 2.31. The van der Waals surface area contributed by atoms with Crippen LogP contribution in [0.5, 0.6) is 5.75 Å². The lowest BCUT2D eigenvalue weighted by atomic mass is 10.1. The maximum Gasteiger partial charge on any atom is 0.573 e. The Morgan fingerprint density at radius 1 is 1.19 bits per heavy atom. The molecule has 0 radical (unpaired) electrons. The molecular formula is C17H18F3N3O2S. The van der Waals surface area contributed by atoms with Crippen LogP contribution in [-0.4, -0.2) is 53.2 Å². The molecule has 1 aliphatic rings. The molecule has 1 amide bonds. The number of alkyl halides is 3. The smallest absolute Gasteiger partial charge is 0.406 e. The fourth-order valence-electron chi connectivity index (χ4n) is 2.80. The second-order valence-electron chi connectivity index (χ2n) is 6.00. The number of rotatable bonds is 4. The number of piperazine rings is 1. The standard InChI is InChI=1S/C17H18F3N3O2S/c1-12-21-14(11-26-12)10-22-6-8-23(9-7-22)16(24)13-2-4-15(5-3-13)25-17(18,19)20/h2-5,11H,6-10H2,1H3. The van der Waals surface area contributed by atoms with Gasteiger partial charge in [-0.05, 0) is 31.2 Å². The van der Waals surface area contributed by atoms with Crippen LogP contribution in [0.2, 0.25) is 0 Å². The molecule has 140 valence electrons. The number of aromatic nitrogens is 1. The van der Waals surface area contributed by atoms with Crippen LogP contribution in [0.4, 0.5) is 13.2 Å². The zero-order valence-corrected chi connectivity index (χ0v) is 14.9. The summed E-state index contributed by atoms with van der Waals surface area (Å²) in [4.78, 5) is 20.9. The fraction of sp³-hybridized carbons (Fsp3) is 0.412. The molecule has 0 N–H and O–H groups in total. The Morgan fingerprint density at radius 3 is 2.38 bits per heavy atom. The molecule has 9 heteroatoms. The summed E-state index contributed by atoms with van der Waals surface area (Å²) < 4.78 is 40.4. The highest BCUT2D eigenvalue weighted by atomic mass is 32.1. The predicted octanol–water partition coefficient (Wildman–Crippen LogP) is 3.31. The first-order valence-electron chi connectivity index (χ1n) is 8.08. The molecule has 0 unspecified atom stereocenters. The van der Waals surface area contributed by atoms with Gasteiger partial charge in [-0.25, -0.2) is 4.98 Å². The average molecular weight is 385 g/mol. The molecule has 1 saturated heterocycles. The van der Waals surface area contributed by atoms with Gasteiger partial charge in [0.05, 0.1) is 10.7 Å². The van der Waals surface area contributed by atoms with Gasteiger partial charge >= 0.3 is 6.36 Å². The molecule has 1 aromatic heterocycles. The topological polar surface area (TPSA) is 45.7 Å². The molecule has 0 spiro atoms. The Morgan fingerprint density at radius 2 is 1.85 bits per heavy atom. The number of ether oxygens (including phenoxy) is 1. The number of amides is 1. The SMILES string of the molecule is Cc1nc(CN2CCN(C(=O)c3ccc(OC(F)(F)F)cc3)CC2)cs1. The van der Waals surface area contributed by atoms with Gasteiger partial charge in [0.1, 0.15) is 5.75 Å². The first kappa shape index (κ1) is 18.7. The molecule has 1 fully saturated rings. The molecule has 2 heterocycles. The summed E-state index contributed by atoms with van der Waals surface area (Å²) in [6.45, 7) is 5.34. The van der Waals surface area contributed by atoms with Crippen molar-refractivity contribution >= 4 is 17.2 Å². The second-order valence-corrected chi connectivity index (χ2v) is 7.06. The summed E-state index contributed by atoms with van der Waals surface area (Å²) in [6, 6.07) is 5.02. The molecule has 2 aromatic rings. The van der Waals surface area contributed by atoms with E-state index in [1.807, 2.05) is 12.3 Å². The number of aryl methyl sites for hydroxylation is 1. The van der Waals surface area contributed by atoms with Crippen LogP contribution in [0.3, 0.4) is 0 Å². The third kappa shape index (κ3) is 4.95. The highest BCUT2D eigenvalue weighted by Crippen LogP contribution is 2.23. The van der Waals surface area contributed by atoms with E-state index in [4.69, 9.17) is 0 Å². The number of nitrogens with zero attached hydrogens (tertiary/aromatic N) is 3. The van der Waals surface area contributed by atoms with Crippen molar-refractivity contribution in [3.05, 3.63) is 45.9 Å². The number of hydrogen-bond acceptors (Lipinski definition) is 5. The summed E-state index contributed by atoms with van der Waals surface area (Å²) in [5.41, 5.74) is 1.38. The minimum absolute atomic E-state index is 0.187. The zero-order valence-electron chi connectivity index (χ0n) is 14.1. The minimum Gasteiger partial charge on any atom is -0.406 e. The van der Waals surface area contributed by atoms with E-state index in [9.17, 15) is 18.0 Å². The van der Waals surface area contributed by atoms with E-state index < -0.39 is 6.36 Å². The summed E-state index contributed by atoms with van der Waals surface area (Å²) in [5, 5.41) is 3.07. The molecule has 0 bridgehead atoms. The fourth-order valence-corrected chi connectivity index (χ4v) is 3.40. The van der Waals surface area contributed by atoms with Crippen LogP contribution in [0.15, 0.2) is 29.6 Å². The largest absolute Gasteiger partial charge is 0.573 e. The molecule has 1 aliphatic heterocycles. The number of thiazole rings is 1.